The van der Waals surface area contributed by atoms with Crippen LogP contribution in [0.3, 0.4) is 0 Å². The van der Waals surface area contributed by atoms with Gasteiger partial charge in [0, 0.05) is 12.6 Å². The number of aliphatic hydroxyl groups excluding tert-OH is 1. The Labute approximate surface area is 106 Å². The second-order valence-corrected chi connectivity index (χ2v) is 5.19. The van der Waals surface area contributed by atoms with Gasteiger partial charge in [0.15, 0.2) is 6.61 Å². The Kier molecular flexibility index (Phi) is 3.04. The molecular weight excluding hydrogens is 232 g/mol. The first-order valence-corrected chi connectivity index (χ1v) is 5.81. The van der Waals surface area contributed by atoms with Crippen LogP contribution in [0.2, 0.25) is 0 Å². The van der Waals surface area contributed by atoms with E-state index in [1.165, 1.54) is 4.90 Å². The van der Waals surface area contributed by atoms with Crippen molar-refractivity contribution in [1.29, 1.82) is 0 Å². The number of hydrogen-bond acceptors (Lipinski definition) is 4. The van der Waals surface area contributed by atoms with Crippen molar-refractivity contribution in [3.8, 4) is 5.75 Å². The molecule has 0 saturated heterocycles. The Bertz CT molecular complexity index is 480. The van der Waals surface area contributed by atoms with E-state index in [9.17, 15) is 9.90 Å². The second-order valence-electron chi connectivity index (χ2n) is 5.19. The van der Waals surface area contributed by atoms with Gasteiger partial charge in [0.25, 0.3) is 5.91 Å². The van der Waals surface area contributed by atoms with E-state index in [2.05, 4.69) is 0 Å². The number of carbonyl (C=O) groups is 1. The molecule has 1 amide bonds. The normalized spacial score (nSPS) is 17.2. The van der Waals surface area contributed by atoms with Gasteiger partial charge < -0.3 is 20.5 Å². The van der Waals surface area contributed by atoms with E-state index in [1.54, 1.807) is 39.1 Å². The smallest absolute Gasteiger partial charge is 0.264 e. The number of rotatable bonds is 2. The van der Waals surface area contributed by atoms with Crippen LogP contribution >= 0.6 is 0 Å². The van der Waals surface area contributed by atoms with Crippen molar-refractivity contribution >= 4 is 11.6 Å². The molecule has 98 valence electrons. The minimum atomic E-state index is -0.798. The Hall–Kier alpha value is -1.59. The molecule has 0 radical (unpaired) electrons. The lowest BCUT2D eigenvalue weighted by atomic mass is 9.92. The van der Waals surface area contributed by atoms with Gasteiger partial charge in [-0.15, -0.1) is 0 Å². The molecule has 5 nitrogen and oxygen atoms in total. The van der Waals surface area contributed by atoms with E-state index in [0.717, 1.165) is 0 Å². The summed E-state index contributed by atoms with van der Waals surface area (Å²) in [6.45, 7) is 3.55. The summed E-state index contributed by atoms with van der Waals surface area (Å²) in [5.41, 5.74) is 6.48. The minimum Gasteiger partial charge on any atom is -0.482 e. The third-order valence-corrected chi connectivity index (χ3v) is 3.09. The molecule has 1 unspecified atom stereocenters. The number of likely N-dealkylation sites (N-methyl/N-ethyl adjacent to an activating group) is 1. The average molecular weight is 250 g/mol. The first-order chi connectivity index (χ1) is 8.30. The van der Waals surface area contributed by atoms with Crippen LogP contribution in [-0.4, -0.2) is 30.2 Å². The fourth-order valence-corrected chi connectivity index (χ4v) is 1.89. The Morgan fingerprint density at radius 2 is 2.17 bits per heavy atom. The van der Waals surface area contributed by atoms with Crippen molar-refractivity contribution in [3.05, 3.63) is 23.8 Å². The van der Waals surface area contributed by atoms with Gasteiger partial charge >= 0.3 is 0 Å². The molecule has 0 aromatic heterocycles. The summed E-state index contributed by atoms with van der Waals surface area (Å²) in [5.74, 6) is 0.532. The number of aliphatic hydroxyl groups is 1. The monoisotopic (exact) mass is 250 g/mol. The number of carbonyl (C=O) groups excluding carboxylic acids is 1. The molecule has 2 rings (SSSR count). The van der Waals surface area contributed by atoms with Crippen molar-refractivity contribution in [3.63, 3.8) is 0 Å². The van der Waals surface area contributed by atoms with Gasteiger partial charge in [0.05, 0.1) is 11.8 Å². The predicted molar refractivity (Wildman–Crippen MR) is 68.6 cm³/mol. The van der Waals surface area contributed by atoms with Crippen molar-refractivity contribution in [2.75, 3.05) is 18.6 Å². The highest BCUT2D eigenvalue weighted by molar-refractivity contribution is 5.97. The average Bonchev–Trinajstić information content (AvgIpc) is 2.31. The van der Waals surface area contributed by atoms with E-state index in [4.69, 9.17) is 10.5 Å². The number of anilines is 1. The van der Waals surface area contributed by atoms with Gasteiger partial charge in [0.1, 0.15) is 5.75 Å². The van der Waals surface area contributed by atoms with Gasteiger partial charge in [-0.2, -0.15) is 0 Å². The fraction of sp³-hybridized carbons (Fsp3) is 0.462. The van der Waals surface area contributed by atoms with Crippen molar-refractivity contribution in [2.45, 2.75) is 25.5 Å². The standard InChI is InChI=1S/C13H18N2O3/c1-13(2,14)12(17)8-4-5-10-9(6-8)15(3)11(16)7-18-10/h4-6,12,17H,7,14H2,1-3H3. The predicted octanol–water partition coefficient (Wildman–Crippen LogP) is 0.812. The lowest BCUT2D eigenvalue weighted by Crippen LogP contribution is -2.39. The largest absolute Gasteiger partial charge is 0.482 e. The molecular formula is C13H18N2O3. The SMILES string of the molecule is CN1C(=O)COc2ccc(C(O)C(C)(C)N)cc21. The summed E-state index contributed by atoms with van der Waals surface area (Å²) < 4.78 is 5.32. The van der Waals surface area contributed by atoms with Crippen molar-refractivity contribution in [1.82, 2.24) is 0 Å². The van der Waals surface area contributed by atoms with Crippen molar-refractivity contribution < 1.29 is 14.6 Å². The van der Waals surface area contributed by atoms with Crippen LogP contribution in [0.15, 0.2) is 18.2 Å². The lowest BCUT2D eigenvalue weighted by Gasteiger charge is -2.30. The molecule has 0 fully saturated rings. The molecule has 0 aliphatic carbocycles. The fourth-order valence-electron chi connectivity index (χ4n) is 1.89. The number of hydrogen-bond donors (Lipinski definition) is 2. The number of amides is 1. The quantitative estimate of drug-likeness (QED) is 0.814. The number of benzene rings is 1. The molecule has 0 spiro atoms. The Morgan fingerprint density at radius 1 is 1.50 bits per heavy atom. The third kappa shape index (κ3) is 2.19. The molecule has 1 atom stereocenters. The van der Waals surface area contributed by atoms with Crippen LogP contribution in [0.4, 0.5) is 5.69 Å². The summed E-state index contributed by atoms with van der Waals surface area (Å²) in [6.07, 6.45) is -0.798. The van der Waals surface area contributed by atoms with Gasteiger partial charge in [-0.25, -0.2) is 0 Å². The van der Waals surface area contributed by atoms with Crippen LogP contribution in [0.5, 0.6) is 5.75 Å². The van der Waals surface area contributed by atoms with Gasteiger partial charge in [-0.05, 0) is 31.5 Å². The first-order valence-electron chi connectivity index (χ1n) is 5.81. The van der Waals surface area contributed by atoms with Gasteiger partial charge in [-0.3, -0.25) is 4.79 Å². The maximum atomic E-state index is 11.5. The minimum absolute atomic E-state index is 0.0494. The van der Waals surface area contributed by atoms with Crippen LogP contribution in [0, 0.1) is 0 Å². The highest BCUT2D eigenvalue weighted by Crippen LogP contribution is 2.35. The molecule has 18 heavy (non-hydrogen) atoms. The van der Waals surface area contributed by atoms with E-state index in [-0.39, 0.29) is 12.5 Å². The summed E-state index contributed by atoms with van der Waals surface area (Å²) in [4.78, 5) is 13.1. The topological polar surface area (TPSA) is 75.8 Å². The number of fused-ring (bicyclic) bond motifs is 1. The van der Waals surface area contributed by atoms with Gasteiger partial charge in [0.2, 0.25) is 0 Å². The van der Waals surface area contributed by atoms with Crippen LogP contribution in [-0.2, 0) is 4.79 Å². The highest BCUT2D eigenvalue weighted by atomic mass is 16.5. The molecule has 0 bridgehead atoms. The highest BCUT2D eigenvalue weighted by Gasteiger charge is 2.28. The molecule has 1 aliphatic rings. The maximum absolute atomic E-state index is 11.5. The lowest BCUT2D eigenvalue weighted by molar-refractivity contribution is -0.120. The molecule has 3 N–H and O–H groups in total. The first kappa shape index (κ1) is 12.9. The summed E-state index contributed by atoms with van der Waals surface area (Å²) in [5, 5.41) is 10.1. The third-order valence-electron chi connectivity index (χ3n) is 3.09. The Balaban J connectivity index is 2.40. The number of ether oxygens (including phenoxy) is 1. The zero-order chi connectivity index (χ0) is 13.5. The molecule has 0 saturated carbocycles. The van der Waals surface area contributed by atoms with Crippen LogP contribution < -0.4 is 15.4 Å². The summed E-state index contributed by atoms with van der Waals surface area (Å²) in [7, 11) is 1.69. The zero-order valence-electron chi connectivity index (χ0n) is 10.8. The van der Waals surface area contributed by atoms with E-state index >= 15 is 0 Å². The van der Waals surface area contributed by atoms with Crippen LogP contribution in [0.1, 0.15) is 25.5 Å². The molecule has 1 aromatic rings. The summed E-state index contributed by atoms with van der Waals surface area (Å²) >= 11 is 0. The number of nitrogens with zero attached hydrogens (tertiary/aromatic N) is 1. The zero-order valence-corrected chi connectivity index (χ0v) is 10.8. The van der Waals surface area contributed by atoms with Crippen molar-refractivity contribution in [2.24, 2.45) is 5.73 Å². The van der Waals surface area contributed by atoms with Gasteiger partial charge in [-0.1, -0.05) is 6.07 Å². The molecule has 5 heteroatoms. The summed E-state index contributed by atoms with van der Waals surface area (Å²) in [6, 6.07) is 5.26. The Morgan fingerprint density at radius 3 is 2.78 bits per heavy atom. The number of nitrogens with two attached hydrogens (primary N) is 1. The molecule has 1 aromatic carbocycles. The van der Waals surface area contributed by atoms with E-state index < -0.39 is 11.6 Å². The molecule has 1 heterocycles. The van der Waals surface area contributed by atoms with E-state index in [1.807, 2.05) is 0 Å². The maximum Gasteiger partial charge on any atom is 0.264 e. The molecule has 1 aliphatic heterocycles. The van der Waals surface area contributed by atoms with Crippen LogP contribution in [0.25, 0.3) is 0 Å². The van der Waals surface area contributed by atoms with E-state index in [0.29, 0.717) is 17.0 Å². The second kappa shape index (κ2) is 4.26.